The lowest BCUT2D eigenvalue weighted by Gasteiger charge is -2.28. The van der Waals surface area contributed by atoms with Gasteiger partial charge in [-0.1, -0.05) is 6.07 Å². The molecule has 0 saturated carbocycles. The second-order valence-corrected chi connectivity index (χ2v) is 6.54. The molecule has 1 saturated heterocycles. The van der Waals surface area contributed by atoms with Crippen LogP contribution in [0.5, 0.6) is 0 Å². The predicted molar refractivity (Wildman–Crippen MR) is 96.7 cm³/mol. The maximum absolute atomic E-state index is 12.6. The first-order valence-corrected chi connectivity index (χ1v) is 8.51. The highest BCUT2D eigenvalue weighted by Gasteiger charge is 2.16. The highest BCUT2D eigenvalue weighted by atomic mass is 16.1. The van der Waals surface area contributed by atoms with Gasteiger partial charge in [0.25, 0.3) is 5.91 Å². The zero-order valence-corrected chi connectivity index (χ0v) is 14.6. The van der Waals surface area contributed by atoms with Gasteiger partial charge in [-0.15, -0.1) is 0 Å². The summed E-state index contributed by atoms with van der Waals surface area (Å²) in [6, 6.07) is 7.81. The molecule has 3 rings (SSSR count). The molecule has 0 bridgehead atoms. The number of hydrogen-bond acceptors (Lipinski definition) is 4. The molecule has 5 heteroatoms. The van der Waals surface area contributed by atoms with Crippen LogP contribution in [0.25, 0.3) is 0 Å². The Morgan fingerprint density at radius 3 is 2.29 bits per heavy atom. The van der Waals surface area contributed by atoms with Crippen molar-refractivity contribution in [3.05, 3.63) is 46.9 Å². The number of amides is 1. The molecule has 1 aromatic heterocycles. The zero-order valence-electron chi connectivity index (χ0n) is 14.6. The molecule has 126 valence electrons. The maximum atomic E-state index is 12.6. The molecule has 2 heterocycles. The highest BCUT2D eigenvalue weighted by molar-refractivity contribution is 6.03. The van der Waals surface area contributed by atoms with Gasteiger partial charge in [-0.2, -0.15) is 0 Å². The molecule has 0 aliphatic carbocycles. The molecule has 24 heavy (non-hydrogen) atoms. The Hall–Kier alpha value is -2.43. The highest BCUT2D eigenvalue weighted by Crippen LogP contribution is 2.20. The third kappa shape index (κ3) is 3.91. The quantitative estimate of drug-likeness (QED) is 0.936. The number of nitrogens with one attached hydrogen (secondary N) is 1. The Morgan fingerprint density at radius 2 is 1.62 bits per heavy atom. The minimum atomic E-state index is -0.191. The second kappa shape index (κ2) is 6.99. The van der Waals surface area contributed by atoms with Crippen LogP contribution in [0.3, 0.4) is 0 Å². The molecular formula is C19H24N4O. The number of piperidine rings is 1. The average Bonchev–Trinajstić information content (AvgIpc) is 2.54. The molecule has 5 nitrogen and oxygen atoms in total. The summed E-state index contributed by atoms with van der Waals surface area (Å²) in [6.07, 6.45) is 3.61. The SMILES string of the molecule is Cc1cc(C)cc(NC(=O)c2cc(N3CCCCC3)nc(C)n2)c1. The summed E-state index contributed by atoms with van der Waals surface area (Å²) < 4.78 is 0. The van der Waals surface area contributed by atoms with E-state index < -0.39 is 0 Å². The van der Waals surface area contributed by atoms with Gasteiger partial charge < -0.3 is 10.2 Å². The van der Waals surface area contributed by atoms with E-state index in [4.69, 9.17) is 0 Å². The number of benzene rings is 1. The summed E-state index contributed by atoms with van der Waals surface area (Å²) in [5.41, 5.74) is 3.46. The smallest absolute Gasteiger partial charge is 0.274 e. The lowest BCUT2D eigenvalue weighted by Crippen LogP contribution is -2.31. The largest absolute Gasteiger partial charge is 0.356 e. The van der Waals surface area contributed by atoms with Crippen molar-refractivity contribution in [2.24, 2.45) is 0 Å². The molecule has 0 unspecified atom stereocenters. The van der Waals surface area contributed by atoms with Crippen molar-refractivity contribution >= 4 is 17.4 Å². The van der Waals surface area contributed by atoms with Crippen LogP contribution >= 0.6 is 0 Å². The molecule has 1 aliphatic rings. The molecule has 0 spiro atoms. The Labute approximate surface area is 143 Å². The lowest BCUT2D eigenvalue weighted by molar-refractivity contribution is 0.102. The van der Waals surface area contributed by atoms with E-state index in [2.05, 4.69) is 26.3 Å². The second-order valence-electron chi connectivity index (χ2n) is 6.54. The zero-order chi connectivity index (χ0) is 17.1. The first-order chi connectivity index (χ1) is 11.5. The number of carbonyl (C=O) groups excluding carboxylic acids is 1. The summed E-state index contributed by atoms with van der Waals surface area (Å²) in [5.74, 6) is 1.29. The molecule has 1 N–H and O–H groups in total. The molecule has 1 aliphatic heterocycles. The van der Waals surface area contributed by atoms with Crippen LogP contribution in [-0.2, 0) is 0 Å². The van der Waals surface area contributed by atoms with E-state index in [1.165, 1.54) is 19.3 Å². The van der Waals surface area contributed by atoms with E-state index >= 15 is 0 Å². The van der Waals surface area contributed by atoms with E-state index in [9.17, 15) is 4.79 Å². The molecule has 0 atom stereocenters. The fraction of sp³-hybridized carbons (Fsp3) is 0.421. The van der Waals surface area contributed by atoms with Gasteiger partial charge in [0.15, 0.2) is 0 Å². The number of rotatable bonds is 3. The molecule has 1 aromatic carbocycles. The first kappa shape index (κ1) is 16.4. The van der Waals surface area contributed by atoms with Crippen molar-refractivity contribution in [3.8, 4) is 0 Å². The van der Waals surface area contributed by atoms with Gasteiger partial charge in [-0.05, 0) is 63.3 Å². The van der Waals surface area contributed by atoms with E-state index in [1.54, 1.807) is 6.07 Å². The Bertz CT molecular complexity index is 731. The Kier molecular flexibility index (Phi) is 4.79. The van der Waals surface area contributed by atoms with Gasteiger partial charge in [0.1, 0.15) is 17.3 Å². The number of aromatic nitrogens is 2. The van der Waals surface area contributed by atoms with Crippen LogP contribution in [0.4, 0.5) is 11.5 Å². The van der Waals surface area contributed by atoms with Gasteiger partial charge in [0.05, 0.1) is 0 Å². The van der Waals surface area contributed by atoms with Crippen molar-refractivity contribution in [2.75, 3.05) is 23.3 Å². The Balaban J connectivity index is 1.82. The van der Waals surface area contributed by atoms with Gasteiger partial charge >= 0.3 is 0 Å². The molecule has 0 radical (unpaired) electrons. The maximum Gasteiger partial charge on any atom is 0.274 e. The summed E-state index contributed by atoms with van der Waals surface area (Å²) in [7, 11) is 0. The molecule has 1 fully saturated rings. The monoisotopic (exact) mass is 324 g/mol. The minimum absolute atomic E-state index is 0.191. The van der Waals surface area contributed by atoms with Gasteiger partial charge in [0.2, 0.25) is 0 Å². The standard InChI is InChI=1S/C19H24N4O/c1-13-9-14(2)11-16(10-13)22-19(24)17-12-18(21-15(3)20-17)23-7-5-4-6-8-23/h9-12H,4-8H2,1-3H3,(H,22,24). The lowest BCUT2D eigenvalue weighted by atomic mass is 10.1. The number of carbonyl (C=O) groups is 1. The van der Waals surface area contributed by atoms with Gasteiger partial charge in [0, 0.05) is 24.8 Å². The topological polar surface area (TPSA) is 58.1 Å². The van der Waals surface area contributed by atoms with Crippen LogP contribution in [0, 0.1) is 20.8 Å². The van der Waals surface area contributed by atoms with Crippen LogP contribution in [-0.4, -0.2) is 29.0 Å². The summed E-state index contributed by atoms with van der Waals surface area (Å²) in [6.45, 7) is 7.86. The van der Waals surface area contributed by atoms with E-state index in [0.29, 0.717) is 11.5 Å². The van der Waals surface area contributed by atoms with Gasteiger partial charge in [-0.25, -0.2) is 9.97 Å². The third-order valence-electron chi connectivity index (χ3n) is 4.22. The van der Waals surface area contributed by atoms with Gasteiger partial charge in [-0.3, -0.25) is 4.79 Å². The van der Waals surface area contributed by atoms with Crippen LogP contribution in [0.15, 0.2) is 24.3 Å². The number of hydrogen-bond donors (Lipinski definition) is 1. The fourth-order valence-electron chi connectivity index (χ4n) is 3.20. The fourth-order valence-corrected chi connectivity index (χ4v) is 3.20. The summed E-state index contributed by atoms with van der Waals surface area (Å²) in [5, 5.41) is 2.95. The number of anilines is 2. The summed E-state index contributed by atoms with van der Waals surface area (Å²) in [4.78, 5) is 23.7. The first-order valence-electron chi connectivity index (χ1n) is 8.51. The van der Waals surface area contributed by atoms with E-state index in [1.807, 2.05) is 32.9 Å². The van der Waals surface area contributed by atoms with Crippen molar-refractivity contribution < 1.29 is 4.79 Å². The van der Waals surface area contributed by atoms with Crippen LogP contribution < -0.4 is 10.2 Å². The average molecular weight is 324 g/mol. The van der Waals surface area contributed by atoms with Crippen molar-refractivity contribution in [1.82, 2.24) is 9.97 Å². The summed E-state index contributed by atoms with van der Waals surface area (Å²) >= 11 is 0. The predicted octanol–water partition coefficient (Wildman–Crippen LogP) is 3.64. The number of nitrogens with zero attached hydrogens (tertiary/aromatic N) is 3. The van der Waals surface area contributed by atoms with E-state index in [-0.39, 0.29) is 5.91 Å². The number of aryl methyl sites for hydroxylation is 3. The minimum Gasteiger partial charge on any atom is -0.356 e. The molecule has 1 amide bonds. The van der Waals surface area contributed by atoms with Crippen molar-refractivity contribution in [1.29, 1.82) is 0 Å². The molecular weight excluding hydrogens is 300 g/mol. The Morgan fingerprint density at radius 1 is 0.958 bits per heavy atom. The molecule has 2 aromatic rings. The normalized spacial score (nSPS) is 14.5. The van der Waals surface area contributed by atoms with Crippen LogP contribution in [0.2, 0.25) is 0 Å². The van der Waals surface area contributed by atoms with Crippen LogP contribution in [0.1, 0.15) is 46.7 Å². The van der Waals surface area contributed by atoms with E-state index in [0.717, 1.165) is 35.7 Å². The van der Waals surface area contributed by atoms with Crippen molar-refractivity contribution in [2.45, 2.75) is 40.0 Å². The third-order valence-corrected chi connectivity index (χ3v) is 4.22. The van der Waals surface area contributed by atoms with Crippen molar-refractivity contribution in [3.63, 3.8) is 0 Å².